The highest BCUT2D eigenvalue weighted by atomic mass is 16.6. The van der Waals surface area contributed by atoms with Gasteiger partial charge in [0.25, 0.3) is 0 Å². The van der Waals surface area contributed by atoms with Crippen LogP contribution in [0.25, 0.3) is 0 Å². The number of amides is 2. The molecule has 0 aromatic heterocycles. The van der Waals surface area contributed by atoms with Crippen LogP contribution in [0.3, 0.4) is 0 Å². The molecule has 1 aliphatic rings. The molecule has 3 N–H and O–H groups in total. The first kappa shape index (κ1) is 18.2. The summed E-state index contributed by atoms with van der Waals surface area (Å²) in [5, 5.41) is 2.69. The second-order valence-electron chi connectivity index (χ2n) is 5.85. The van der Waals surface area contributed by atoms with Crippen molar-refractivity contribution in [2.75, 3.05) is 19.5 Å². The number of esters is 1. The number of methoxy groups -OCH3 is 2. The maximum Gasteiger partial charge on any atom is 0.343 e. The molecule has 8 heteroatoms. The summed E-state index contributed by atoms with van der Waals surface area (Å²) in [6, 6.07) is 9.51. The molecule has 140 valence electrons. The molecule has 0 spiro atoms. The van der Waals surface area contributed by atoms with E-state index in [1.165, 1.54) is 26.4 Å². The molecule has 2 aromatic rings. The van der Waals surface area contributed by atoms with Crippen LogP contribution in [-0.2, 0) is 9.53 Å². The first-order valence-corrected chi connectivity index (χ1v) is 8.10. The molecule has 0 bridgehead atoms. The topological polar surface area (TPSA) is 117 Å². The quantitative estimate of drug-likeness (QED) is 0.752. The summed E-state index contributed by atoms with van der Waals surface area (Å²) in [4.78, 5) is 35.6. The molecule has 0 radical (unpaired) electrons. The normalized spacial score (nSPS) is 14.9. The number of carbonyl (C=O) groups is 3. The number of hydrogen-bond acceptors (Lipinski definition) is 6. The summed E-state index contributed by atoms with van der Waals surface area (Å²) < 4.78 is 15.8. The molecule has 2 amide bonds. The second-order valence-corrected chi connectivity index (χ2v) is 5.85. The third-order valence-corrected chi connectivity index (χ3v) is 4.20. The van der Waals surface area contributed by atoms with Crippen LogP contribution in [0.4, 0.5) is 5.69 Å². The standard InChI is InChI=1S/C19H18N2O6/c1-25-13-8-7-12-14(27-19(24)16(12)17(13)26-2)9-15(22)21-11-5-3-10(4-6-11)18(20)23/h3-8,14H,9H2,1-2H3,(H2,20,23)(H,21,22). The van der Waals surface area contributed by atoms with E-state index in [1.807, 2.05) is 0 Å². The predicted molar refractivity (Wildman–Crippen MR) is 95.9 cm³/mol. The van der Waals surface area contributed by atoms with E-state index in [4.69, 9.17) is 19.9 Å². The lowest BCUT2D eigenvalue weighted by atomic mass is 10.0. The molecule has 0 saturated carbocycles. The number of cyclic esters (lactones) is 1. The highest BCUT2D eigenvalue weighted by molar-refractivity contribution is 5.99. The van der Waals surface area contributed by atoms with E-state index in [0.717, 1.165) is 0 Å². The predicted octanol–water partition coefficient (Wildman–Crippen LogP) is 2.04. The van der Waals surface area contributed by atoms with Crippen LogP contribution in [0.15, 0.2) is 36.4 Å². The highest BCUT2D eigenvalue weighted by Crippen LogP contribution is 2.43. The van der Waals surface area contributed by atoms with Gasteiger partial charge in [-0.1, -0.05) is 6.07 Å². The summed E-state index contributed by atoms with van der Waals surface area (Å²) in [6.45, 7) is 0. The van der Waals surface area contributed by atoms with E-state index in [9.17, 15) is 14.4 Å². The second kappa shape index (κ2) is 7.36. The Bertz CT molecular complexity index is 907. The number of hydrogen-bond donors (Lipinski definition) is 2. The molecule has 0 fully saturated rings. The van der Waals surface area contributed by atoms with Gasteiger partial charge < -0.3 is 25.3 Å². The first-order chi connectivity index (χ1) is 12.9. The van der Waals surface area contributed by atoms with E-state index in [1.54, 1.807) is 24.3 Å². The Hall–Kier alpha value is -3.55. The van der Waals surface area contributed by atoms with Gasteiger partial charge in [0.05, 0.1) is 20.6 Å². The summed E-state index contributed by atoms with van der Waals surface area (Å²) in [7, 11) is 2.90. The fourth-order valence-electron chi connectivity index (χ4n) is 2.92. The maximum absolute atomic E-state index is 12.3. The smallest absolute Gasteiger partial charge is 0.343 e. The van der Waals surface area contributed by atoms with Gasteiger partial charge in [0.2, 0.25) is 11.8 Å². The molecule has 1 aliphatic heterocycles. The van der Waals surface area contributed by atoms with Crippen molar-refractivity contribution in [1.29, 1.82) is 0 Å². The van der Waals surface area contributed by atoms with Gasteiger partial charge in [-0.25, -0.2) is 4.79 Å². The zero-order chi connectivity index (χ0) is 19.6. The van der Waals surface area contributed by atoms with Crippen molar-refractivity contribution in [2.24, 2.45) is 5.73 Å². The van der Waals surface area contributed by atoms with E-state index < -0.39 is 18.0 Å². The molecule has 1 heterocycles. The van der Waals surface area contributed by atoms with Crippen LogP contribution in [-0.4, -0.2) is 32.0 Å². The van der Waals surface area contributed by atoms with Crippen LogP contribution in [0.5, 0.6) is 11.5 Å². The van der Waals surface area contributed by atoms with E-state index in [0.29, 0.717) is 22.6 Å². The Kier molecular flexibility index (Phi) is 4.98. The third-order valence-electron chi connectivity index (χ3n) is 4.20. The van der Waals surface area contributed by atoms with Gasteiger partial charge in [-0.05, 0) is 30.3 Å². The van der Waals surface area contributed by atoms with Crippen molar-refractivity contribution < 1.29 is 28.6 Å². The molecule has 0 aliphatic carbocycles. The highest BCUT2D eigenvalue weighted by Gasteiger charge is 2.36. The van der Waals surface area contributed by atoms with Gasteiger partial charge in [-0.2, -0.15) is 0 Å². The molecule has 8 nitrogen and oxygen atoms in total. The van der Waals surface area contributed by atoms with Gasteiger partial charge in [0.1, 0.15) is 11.7 Å². The van der Waals surface area contributed by atoms with Gasteiger partial charge in [0.15, 0.2) is 11.5 Å². The molecular formula is C19H18N2O6. The van der Waals surface area contributed by atoms with Crippen LogP contribution >= 0.6 is 0 Å². The summed E-state index contributed by atoms with van der Waals surface area (Å²) in [5.41, 5.74) is 6.86. The van der Waals surface area contributed by atoms with Crippen molar-refractivity contribution in [3.8, 4) is 11.5 Å². The number of primary amides is 1. The number of carbonyl (C=O) groups excluding carboxylic acids is 3. The van der Waals surface area contributed by atoms with Gasteiger partial charge in [-0.15, -0.1) is 0 Å². The van der Waals surface area contributed by atoms with Crippen molar-refractivity contribution in [3.05, 3.63) is 53.1 Å². The molecule has 3 rings (SSSR count). The fraction of sp³-hybridized carbons (Fsp3) is 0.211. The van der Waals surface area contributed by atoms with E-state index in [-0.39, 0.29) is 23.6 Å². The molecule has 1 unspecified atom stereocenters. The van der Waals surface area contributed by atoms with Crippen LogP contribution in [0, 0.1) is 0 Å². The van der Waals surface area contributed by atoms with Crippen molar-refractivity contribution >= 4 is 23.5 Å². The molecule has 2 aromatic carbocycles. The SMILES string of the molecule is COc1ccc2c(c1OC)C(=O)OC2CC(=O)Nc1ccc(C(N)=O)cc1. The van der Waals surface area contributed by atoms with Gasteiger partial charge >= 0.3 is 5.97 Å². The summed E-state index contributed by atoms with van der Waals surface area (Å²) in [5.74, 6) is -0.767. The van der Waals surface area contributed by atoms with Crippen LogP contribution in [0.1, 0.15) is 38.8 Å². The lowest BCUT2D eigenvalue weighted by Crippen LogP contribution is -2.16. The van der Waals surface area contributed by atoms with Gasteiger partial charge in [0, 0.05) is 16.8 Å². The molecule has 0 saturated heterocycles. The Morgan fingerprint density at radius 2 is 1.81 bits per heavy atom. The lowest BCUT2D eigenvalue weighted by Gasteiger charge is -2.12. The zero-order valence-corrected chi connectivity index (χ0v) is 14.8. The van der Waals surface area contributed by atoms with Crippen molar-refractivity contribution in [2.45, 2.75) is 12.5 Å². The Morgan fingerprint density at radius 1 is 1.11 bits per heavy atom. The minimum Gasteiger partial charge on any atom is -0.493 e. The number of benzene rings is 2. The van der Waals surface area contributed by atoms with Gasteiger partial charge in [-0.3, -0.25) is 9.59 Å². The minimum atomic E-state index is -0.725. The number of ether oxygens (including phenoxy) is 3. The number of nitrogens with one attached hydrogen (secondary N) is 1. The average molecular weight is 370 g/mol. The lowest BCUT2D eigenvalue weighted by molar-refractivity contribution is -0.118. The van der Waals surface area contributed by atoms with Crippen LogP contribution in [0.2, 0.25) is 0 Å². The zero-order valence-electron chi connectivity index (χ0n) is 14.8. The largest absolute Gasteiger partial charge is 0.493 e. The molecule has 1 atom stereocenters. The van der Waals surface area contributed by atoms with E-state index >= 15 is 0 Å². The molecular weight excluding hydrogens is 352 g/mol. The number of nitrogens with two attached hydrogens (primary N) is 1. The van der Waals surface area contributed by atoms with Crippen molar-refractivity contribution in [3.63, 3.8) is 0 Å². The number of rotatable bonds is 6. The minimum absolute atomic E-state index is 0.0637. The first-order valence-electron chi connectivity index (χ1n) is 8.10. The monoisotopic (exact) mass is 370 g/mol. The Morgan fingerprint density at radius 3 is 2.41 bits per heavy atom. The summed E-state index contributed by atoms with van der Waals surface area (Å²) >= 11 is 0. The number of anilines is 1. The summed E-state index contributed by atoms with van der Waals surface area (Å²) in [6.07, 6.45) is -0.789. The fourth-order valence-corrected chi connectivity index (χ4v) is 2.92. The Balaban J connectivity index is 1.75. The number of fused-ring (bicyclic) bond motifs is 1. The van der Waals surface area contributed by atoms with Crippen LogP contribution < -0.4 is 20.5 Å². The van der Waals surface area contributed by atoms with Crippen molar-refractivity contribution in [1.82, 2.24) is 0 Å². The van der Waals surface area contributed by atoms with E-state index in [2.05, 4.69) is 5.32 Å². The average Bonchev–Trinajstić information content (AvgIpc) is 2.96. The Labute approximate surface area is 155 Å². The third kappa shape index (κ3) is 3.55. The molecule has 27 heavy (non-hydrogen) atoms. The maximum atomic E-state index is 12.3.